The Morgan fingerprint density at radius 2 is 2.19 bits per heavy atom. The molecule has 2 heterocycles. The number of nitrogens with two attached hydrogens (primary N) is 1. The van der Waals surface area contributed by atoms with Gasteiger partial charge in [-0.2, -0.15) is 10.2 Å². The number of anilines is 3. The number of primary amides is 1. The number of aromatic nitrogens is 4. The third-order valence-corrected chi connectivity index (χ3v) is 6.83. The van der Waals surface area contributed by atoms with Gasteiger partial charge in [0, 0.05) is 18.5 Å². The minimum Gasteiger partial charge on any atom is -0.393 e. The number of nitrogens with zero attached hydrogens (tertiary/aromatic N) is 5. The van der Waals surface area contributed by atoms with Crippen LogP contribution >= 0.6 is 11.6 Å². The summed E-state index contributed by atoms with van der Waals surface area (Å²) in [5.74, 6) is -0.444. The second-order valence-corrected chi connectivity index (χ2v) is 9.78. The maximum atomic E-state index is 14.9. The fourth-order valence-electron chi connectivity index (χ4n) is 4.79. The van der Waals surface area contributed by atoms with Crippen molar-refractivity contribution in [2.45, 2.75) is 76.5 Å². The smallest absolute Gasteiger partial charge is 0.224 e. The van der Waals surface area contributed by atoms with Gasteiger partial charge in [-0.3, -0.25) is 9.36 Å². The van der Waals surface area contributed by atoms with Gasteiger partial charge in [0.15, 0.2) is 5.65 Å². The van der Waals surface area contributed by atoms with Crippen molar-refractivity contribution in [2.24, 2.45) is 5.73 Å². The van der Waals surface area contributed by atoms with Crippen molar-refractivity contribution in [2.75, 3.05) is 10.6 Å². The van der Waals surface area contributed by atoms with Crippen molar-refractivity contribution in [3.8, 4) is 6.07 Å². The largest absolute Gasteiger partial charge is 0.393 e. The summed E-state index contributed by atoms with van der Waals surface area (Å²) in [5.41, 5.74) is 6.50. The predicted octanol–water partition coefficient (Wildman–Crippen LogP) is 4.56. The molecule has 4 rings (SSSR count). The number of imidazole rings is 1. The summed E-state index contributed by atoms with van der Waals surface area (Å²) in [7, 11) is 0. The van der Waals surface area contributed by atoms with Gasteiger partial charge in [0.2, 0.25) is 17.8 Å². The van der Waals surface area contributed by atoms with Crippen LogP contribution in [0.5, 0.6) is 0 Å². The first-order valence-corrected chi connectivity index (χ1v) is 12.8. The van der Waals surface area contributed by atoms with Crippen LogP contribution in [-0.2, 0) is 4.79 Å². The number of aliphatic hydroxyl groups excluding tert-OH is 1. The Bertz CT molecular complexity index is 1300. The summed E-state index contributed by atoms with van der Waals surface area (Å²) in [4.78, 5) is 25.4. The number of rotatable bonds is 10. The van der Waals surface area contributed by atoms with Gasteiger partial charge in [0.1, 0.15) is 11.3 Å². The van der Waals surface area contributed by atoms with E-state index in [0.717, 1.165) is 31.7 Å². The number of nitriles is 1. The SMILES string of the molecule is CCC[C@@H](CCC(N)=O)n1c(Nc2c(F)cc(C#N)cc2Cl)nc2cnc(N[C@@H]3CCC[C@H](O)C3)nc21. The molecule has 1 saturated carbocycles. The molecule has 0 spiro atoms. The highest BCUT2D eigenvalue weighted by atomic mass is 35.5. The first-order valence-electron chi connectivity index (χ1n) is 12.4. The van der Waals surface area contributed by atoms with Gasteiger partial charge < -0.3 is 21.5 Å². The van der Waals surface area contributed by atoms with Crippen LogP contribution in [-0.4, -0.2) is 42.7 Å². The van der Waals surface area contributed by atoms with Gasteiger partial charge in [0.05, 0.1) is 34.6 Å². The van der Waals surface area contributed by atoms with Crippen LogP contribution in [0.3, 0.4) is 0 Å². The molecule has 0 aliphatic heterocycles. The fraction of sp³-hybridized carbons (Fsp3) is 0.480. The van der Waals surface area contributed by atoms with Gasteiger partial charge in [-0.15, -0.1) is 0 Å². The Hall–Kier alpha value is -3.49. The standard InChI is InChI=1S/C25H30ClFN8O2/c1-2-4-16(7-8-21(29)37)35-23-20(13-30-24(34-23)31-15-5-3-6-17(36)11-15)32-25(35)33-22-18(26)9-14(12-28)10-19(22)27/h9-10,13,15-17,36H,2-8,11H2,1H3,(H2,29,37)(H,32,33)(H,30,31,34)/t15-,16+,17+/m1/s1. The van der Waals surface area contributed by atoms with Crippen molar-refractivity contribution in [3.05, 3.63) is 34.7 Å². The number of carbonyl (C=O) groups excluding carboxylic acids is 1. The minimum absolute atomic E-state index is 0.0233. The Kier molecular flexibility index (Phi) is 8.41. The molecule has 3 aromatic rings. The zero-order valence-corrected chi connectivity index (χ0v) is 21.3. The maximum Gasteiger partial charge on any atom is 0.224 e. The monoisotopic (exact) mass is 528 g/mol. The van der Waals surface area contributed by atoms with Crippen LogP contribution in [0.1, 0.15) is 69.9 Å². The predicted molar refractivity (Wildman–Crippen MR) is 139 cm³/mol. The number of amides is 1. The molecule has 1 amide bonds. The van der Waals surface area contributed by atoms with E-state index in [1.54, 1.807) is 6.20 Å². The molecule has 0 radical (unpaired) electrons. The van der Waals surface area contributed by atoms with Gasteiger partial charge >= 0.3 is 0 Å². The molecule has 196 valence electrons. The molecule has 10 nitrogen and oxygen atoms in total. The summed E-state index contributed by atoms with van der Waals surface area (Å²) in [6.45, 7) is 2.02. The zero-order valence-electron chi connectivity index (χ0n) is 20.5. The number of hydrogen-bond donors (Lipinski definition) is 4. The number of hydrogen-bond acceptors (Lipinski definition) is 8. The van der Waals surface area contributed by atoms with E-state index in [4.69, 9.17) is 27.6 Å². The van der Waals surface area contributed by atoms with Crippen LogP contribution in [0.25, 0.3) is 11.2 Å². The normalized spacial score (nSPS) is 18.4. The highest BCUT2D eigenvalue weighted by Crippen LogP contribution is 2.34. The molecule has 3 atom stereocenters. The summed E-state index contributed by atoms with van der Waals surface area (Å²) in [5, 5.41) is 25.5. The third-order valence-electron chi connectivity index (χ3n) is 6.53. The zero-order chi connectivity index (χ0) is 26.5. The number of aliphatic hydroxyl groups is 1. The van der Waals surface area contributed by atoms with E-state index in [0.29, 0.717) is 36.4 Å². The lowest BCUT2D eigenvalue weighted by Gasteiger charge is -2.26. The lowest BCUT2D eigenvalue weighted by molar-refractivity contribution is -0.118. The molecule has 1 aromatic carbocycles. The first kappa shape index (κ1) is 26.6. The molecule has 5 N–H and O–H groups in total. The summed E-state index contributed by atoms with van der Waals surface area (Å²) in [6.07, 6.45) is 6.54. The lowest BCUT2D eigenvalue weighted by Crippen LogP contribution is -2.30. The fourth-order valence-corrected chi connectivity index (χ4v) is 5.04. The molecule has 12 heteroatoms. The van der Waals surface area contributed by atoms with E-state index < -0.39 is 11.7 Å². The Labute approximate surface area is 219 Å². The number of halogens is 2. The molecule has 1 aliphatic carbocycles. The van der Waals surface area contributed by atoms with Crippen LogP contribution in [0.2, 0.25) is 5.02 Å². The molecule has 0 bridgehead atoms. The molecular weight excluding hydrogens is 499 g/mol. The number of carbonyl (C=O) groups is 1. The van der Waals surface area contributed by atoms with Crippen molar-refractivity contribution in [1.29, 1.82) is 5.26 Å². The van der Waals surface area contributed by atoms with E-state index in [1.807, 2.05) is 17.6 Å². The van der Waals surface area contributed by atoms with Gasteiger partial charge in [-0.25, -0.2) is 14.4 Å². The topological polar surface area (TPSA) is 155 Å². The summed E-state index contributed by atoms with van der Waals surface area (Å²) >= 11 is 6.29. The van der Waals surface area contributed by atoms with Gasteiger partial charge in [-0.1, -0.05) is 24.9 Å². The summed E-state index contributed by atoms with van der Waals surface area (Å²) in [6, 6.07) is 4.17. The average Bonchev–Trinajstić information content (AvgIpc) is 3.21. The maximum absolute atomic E-state index is 14.9. The van der Waals surface area contributed by atoms with E-state index >= 15 is 0 Å². The average molecular weight is 529 g/mol. The highest BCUT2D eigenvalue weighted by Gasteiger charge is 2.25. The molecular formula is C25H30ClFN8O2. The van der Waals surface area contributed by atoms with E-state index in [-0.39, 0.29) is 46.8 Å². The first-order chi connectivity index (χ1) is 17.8. The number of benzene rings is 1. The van der Waals surface area contributed by atoms with E-state index in [1.165, 1.54) is 6.07 Å². The van der Waals surface area contributed by atoms with E-state index in [2.05, 4.69) is 20.6 Å². The van der Waals surface area contributed by atoms with Crippen LogP contribution in [0.15, 0.2) is 18.3 Å². The van der Waals surface area contributed by atoms with Gasteiger partial charge in [0.25, 0.3) is 0 Å². The third kappa shape index (κ3) is 6.26. The molecule has 1 fully saturated rings. The number of fused-ring (bicyclic) bond motifs is 1. The second-order valence-electron chi connectivity index (χ2n) is 9.37. The highest BCUT2D eigenvalue weighted by molar-refractivity contribution is 6.33. The molecule has 0 unspecified atom stereocenters. The number of nitrogens with one attached hydrogen (secondary N) is 2. The summed E-state index contributed by atoms with van der Waals surface area (Å²) < 4.78 is 16.7. The second kappa shape index (κ2) is 11.7. The van der Waals surface area contributed by atoms with Crippen molar-refractivity contribution >= 4 is 46.3 Å². The van der Waals surface area contributed by atoms with Gasteiger partial charge in [-0.05, 0) is 50.7 Å². The van der Waals surface area contributed by atoms with Crippen molar-refractivity contribution in [1.82, 2.24) is 19.5 Å². The Balaban J connectivity index is 1.77. The quantitative estimate of drug-likeness (QED) is 0.298. The van der Waals surface area contributed by atoms with Crippen molar-refractivity contribution < 1.29 is 14.3 Å². The molecule has 37 heavy (non-hydrogen) atoms. The molecule has 2 aromatic heterocycles. The Morgan fingerprint density at radius 3 is 2.86 bits per heavy atom. The molecule has 1 aliphatic rings. The minimum atomic E-state index is -0.698. The Morgan fingerprint density at radius 1 is 1.38 bits per heavy atom. The molecule has 0 saturated heterocycles. The van der Waals surface area contributed by atoms with Crippen LogP contribution < -0.4 is 16.4 Å². The lowest BCUT2D eigenvalue weighted by atomic mass is 9.93. The van der Waals surface area contributed by atoms with E-state index in [9.17, 15) is 14.3 Å². The van der Waals surface area contributed by atoms with Crippen LogP contribution in [0, 0.1) is 17.1 Å². The van der Waals surface area contributed by atoms with Crippen LogP contribution in [0.4, 0.5) is 22.0 Å². The van der Waals surface area contributed by atoms with Crippen molar-refractivity contribution in [3.63, 3.8) is 0 Å².